The first-order valence-electron chi connectivity index (χ1n) is 7.73. The van der Waals surface area contributed by atoms with Crippen LogP contribution in [0.3, 0.4) is 0 Å². The lowest BCUT2D eigenvalue weighted by Crippen LogP contribution is -2.18. The van der Waals surface area contributed by atoms with Crippen molar-refractivity contribution in [2.45, 2.75) is 21.3 Å². The van der Waals surface area contributed by atoms with Gasteiger partial charge in [0.15, 0.2) is 0 Å². The molecule has 0 radical (unpaired) electrons. The summed E-state index contributed by atoms with van der Waals surface area (Å²) in [5, 5.41) is 3.35. The minimum absolute atomic E-state index is 0. The third-order valence-electron chi connectivity index (χ3n) is 3.93. The van der Waals surface area contributed by atoms with E-state index in [2.05, 4.69) is 5.32 Å². The average molecular weight is 343 g/mol. The maximum absolute atomic E-state index is 13.2. The van der Waals surface area contributed by atoms with Gasteiger partial charge in [-0.15, -0.1) is 0 Å². The number of carbonyl (C=O) groups excluding carboxylic acids is 1. The van der Waals surface area contributed by atoms with Crippen LogP contribution in [-0.4, -0.2) is 19.6 Å². The number of nitrogens with one attached hydrogen (secondary N) is 1. The lowest BCUT2D eigenvalue weighted by atomic mass is 10.0. The van der Waals surface area contributed by atoms with E-state index < -0.39 is 0 Å². The molecule has 0 aliphatic carbocycles. The summed E-state index contributed by atoms with van der Waals surface area (Å²) in [4.78, 5) is 12.5. The fraction of sp³-hybridized carbons (Fsp3) is 0.250. The van der Waals surface area contributed by atoms with Gasteiger partial charge in [0.2, 0.25) is 0 Å². The van der Waals surface area contributed by atoms with Crippen molar-refractivity contribution >= 4 is 16.9 Å². The van der Waals surface area contributed by atoms with Gasteiger partial charge in [-0.1, -0.05) is 7.43 Å². The normalized spacial score (nSPS) is 10.4. The maximum Gasteiger partial charge on any atom is 0.255 e. The minimum Gasteiger partial charge on any atom is -0.494 e. The highest BCUT2D eigenvalue weighted by molar-refractivity contribution is 6.12. The Morgan fingerprint density at radius 3 is 2.48 bits per heavy atom. The summed E-state index contributed by atoms with van der Waals surface area (Å²) in [6.45, 7) is 4.33. The molecule has 25 heavy (non-hydrogen) atoms. The smallest absolute Gasteiger partial charge is 0.255 e. The number of hydrogen-bond acceptors (Lipinski definition) is 3. The number of halogens is 1. The zero-order chi connectivity index (χ0) is 17.3. The van der Waals surface area contributed by atoms with E-state index in [1.54, 1.807) is 25.2 Å². The van der Waals surface area contributed by atoms with Gasteiger partial charge in [0.25, 0.3) is 5.91 Å². The lowest BCUT2D eigenvalue weighted by Gasteiger charge is -2.08. The predicted octanol–water partition coefficient (Wildman–Crippen LogP) is 4.94. The average Bonchev–Trinajstić information content (AvgIpc) is 2.98. The fourth-order valence-corrected chi connectivity index (χ4v) is 2.80. The van der Waals surface area contributed by atoms with E-state index >= 15 is 0 Å². The van der Waals surface area contributed by atoms with Gasteiger partial charge >= 0.3 is 0 Å². The summed E-state index contributed by atoms with van der Waals surface area (Å²) < 4.78 is 24.8. The molecule has 4 nitrogen and oxygen atoms in total. The van der Waals surface area contributed by atoms with Crippen molar-refractivity contribution in [2.75, 3.05) is 13.7 Å². The Morgan fingerprint density at radius 1 is 1.20 bits per heavy atom. The molecule has 0 atom stereocenters. The Kier molecular flexibility index (Phi) is 5.47. The van der Waals surface area contributed by atoms with Gasteiger partial charge in [0, 0.05) is 23.6 Å². The van der Waals surface area contributed by atoms with E-state index in [0.29, 0.717) is 40.2 Å². The number of benzene rings is 2. The largest absolute Gasteiger partial charge is 0.494 e. The molecule has 0 spiro atoms. The summed E-state index contributed by atoms with van der Waals surface area (Å²) in [7, 11) is 1.57. The van der Waals surface area contributed by atoms with Crippen LogP contribution in [0.5, 0.6) is 5.75 Å². The first kappa shape index (κ1) is 18.5. The second kappa shape index (κ2) is 7.38. The molecule has 1 N–H and O–H groups in total. The Labute approximate surface area is 146 Å². The monoisotopic (exact) mass is 343 g/mol. The summed E-state index contributed by atoms with van der Waals surface area (Å²) in [6, 6.07) is 9.49. The van der Waals surface area contributed by atoms with Crippen LogP contribution < -0.4 is 10.1 Å². The van der Waals surface area contributed by atoms with Crippen molar-refractivity contribution in [1.82, 2.24) is 5.32 Å². The summed E-state index contributed by atoms with van der Waals surface area (Å²) in [5.41, 5.74) is 2.50. The van der Waals surface area contributed by atoms with Crippen LogP contribution in [-0.2, 0) is 0 Å². The molecule has 1 heterocycles. The van der Waals surface area contributed by atoms with E-state index in [1.807, 2.05) is 19.9 Å². The first-order valence-corrected chi connectivity index (χ1v) is 7.73. The van der Waals surface area contributed by atoms with Crippen molar-refractivity contribution in [2.24, 2.45) is 0 Å². The van der Waals surface area contributed by atoms with Gasteiger partial charge < -0.3 is 14.5 Å². The quantitative estimate of drug-likeness (QED) is 0.730. The summed E-state index contributed by atoms with van der Waals surface area (Å²) in [6.07, 6.45) is 0. The molecule has 0 unspecified atom stereocenters. The van der Waals surface area contributed by atoms with E-state index in [4.69, 9.17) is 9.15 Å². The molecule has 1 amide bonds. The van der Waals surface area contributed by atoms with Crippen molar-refractivity contribution < 1.29 is 18.3 Å². The highest BCUT2D eigenvalue weighted by atomic mass is 19.1. The number of furan rings is 1. The van der Waals surface area contributed by atoms with Gasteiger partial charge in [0.05, 0.1) is 12.2 Å². The maximum atomic E-state index is 13.2. The molecule has 0 aliphatic rings. The van der Waals surface area contributed by atoms with Crippen molar-refractivity contribution in [3.8, 4) is 17.1 Å². The number of aryl methyl sites for hydroxylation is 1. The summed E-state index contributed by atoms with van der Waals surface area (Å²) in [5.74, 6) is 0.527. The molecule has 0 fully saturated rings. The van der Waals surface area contributed by atoms with E-state index in [9.17, 15) is 9.18 Å². The number of rotatable bonds is 4. The second-order valence-electron chi connectivity index (χ2n) is 5.39. The zero-order valence-electron chi connectivity index (χ0n) is 13.8. The lowest BCUT2D eigenvalue weighted by molar-refractivity contribution is 0.0964. The molecule has 0 saturated carbocycles. The number of amides is 1. The molecule has 0 bridgehead atoms. The Balaban J connectivity index is 0.00000225. The van der Waals surface area contributed by atoms with Gasteiger partial charge in [-0.05, 0) is 50.2 Å². The van der Waals surface area contributed by atoms with Crippen molar-refractivity contribution in [3.63, 3.8) is 0 Å². The molecular formula is C20H22FNO3. The topological polar surface area (TPSA) is 51.5 Å². The minimum atomic E-state index is -0.342. The number of ether oxygens (including phenoxy) is 1. The van der Waals surface area contributed by atoms with E-state index in [0.717, 1.165) is 5.56 Å². The van der Waals surface area contributed by atoms with Crippen LogP contribution in [0.2, 0.25) is 0 Å². The molecule has 5 heteroatoms. The van der Waals surface area contributed by atoms with Gasteiger partial charge in [-0.3, -0.25) is 4.79 Å². The van der Waals surface area contributed by atoms with Crippen LogP contribution in [0.4, 0.5) is 4.39 Å². The van der Waals surface area contributed by atoms with Gasteiger partial charge in [-0.25, -0.2) is 4.39 Å². The van der Waals surface area contributed by atoms with Crippen LogP contribution in [0.25, 0.3) is 22.3 Å². The molecule has 0 aliphatic heterocycles. The molecule has 3 rings (SSSR count). The van der Waals surface area contributed by atoms with Gasteiger partial charge in [-0.2, -0.15) is 0 Å². The third-order valence-corrected chi connectivity index (χ3v) is 3.93. The molecular weight excluding hydrogens is 321 g/mol. The third kappa shape index (κ3) is 3.22. The van der Waals surface area contributed by atoms with E-state index in [-0.39, 0.29) is 19.2 Å². The van der Waals surface area contributed by atoms with E-state index in [1.165, 1.54) is 12.1 Å². The number of hydrogen-bond donors (Lipinski definition) is 1. The fourth-order valence-electron chi connectivity index (χ4n) is 2.80. The Bertz CT molecular complexity index is 897. The SMILES string of the molecule is C.CCOc1ccc2oc(-c3ccc(F)cc3)c(C(=O)NC)c2c1C. The number of fused-ring (bicyclic) bond motifs is 1. The molecule has 2 aromatic carbocycles. The van der Waals surface area contributed by atoms with Gasteiger partial charge in [0.1, 0.15) is 22.9 Å². The van der Waals surface area contributed by atoms with Crippen molar-refractivity contribution in [3.05, 3.63) is 53.3 Å². The van der Waals surface area contributed by atoms with Crippen LogP contribution >= 0.6 is 0 Å². The molecule has 0 saturated heterocycles. The second-order valence-corrected chi connectivity index (χ2v) is 5.39. The Morgan fingerprint density at radius 2 is 1.88 bits per heavy atom. The highest BCUT2D eigenvalue weighted by Crippen LogP contribution is 2.38. The van der Waals surface area contributed by atoms with Crippen LogP contribution in [0, 0.1) is 12.7 Å². The van der Waals surface area contributed by atoms with Crippen LogP contribution in [0.15, 0.2) is 40.8 Å². The number of carbonyl (C=O) groups is 1. The van der Waals surface area contributed by atoms with Crippen molar-refractivity contribution in [1.29, 1.82) is 0 Å². The Hall–Kier alpha value is -2.82. The molecule has 1 aromatic heterocycles. The standard InChI is InChI=1S/C19H18FNO3.CH4/c1-4-23-14-9-10-15-16(11(14)2)17(19(22)21-3)18(24-15)12-5-7-13(20)8-6-12;/h5-10H,4H2,1-3H3,(H,21,22);1H4. The molecule has 132 valence electrons. The highest BCUT2D eigenvalue weighted by Gasteiger charge is 2.24. The van der Waals surface area contributed by atoms with Crippen LogP contribution in [0.1, 0.15) is 30.3 Å². The summed E-state index contributed by atoms with van der Waals surface area (Å²) >= 11 is 0. The predicted molar refractivity (Wildman–Crippen MR) is 97.6 cm³/mol. The first-order chi connectivity index (χ1) is 11.6. The zero-order valence-corrected chi connectivity index (χ0v) is 13.8. The molecule has 3 aromatic rings.